The molecule has 0 aromatic carbocycles. The predicted octanol–water partition coefficient (Wildman–Crippen LogP) is 0.336. The lowest BCUT2D eigenvalue weighted by atomic mass is 10.5. The van der Waals surface area contributed by atoms with Gasteiger partial charge in [-0.25, -0.2) is 4.98 Å². The fraction of sp³-hybridized carbons (Fsp3) is 0.444. The second kappa shape index (κ2) is 4.22. The van der Waals surface area contributed by atoms with E-state index in [-0.39, 0.29) is 0 Å². The van der Waals surface area contributed by atoms with Gasteiger partial charge in [-0.05, 0) is 0 Å². The number of aromatic nitrogens is 4. The van der Waals surface area contributed by atoms with Crippen molar-refractivity contribution >= 4 is 0 Å². The molecule has 0 spiro atoms. The molecule has 0 unspecified atom stereocenters. The number of hydrogen-bond donors (Lipinski definition) is 1. The van der Waals surface area contributed by atoms with Gasteiger partial charge in [-0.3, -0.25) is 0 Å². The van der Waals surface area contributed by atoms with Crippen LogP contribution in [0.3, 0.4) is 0 Å². The molecule has 2 N–H and O–H groups in total. The Morgan fingerprint density at radius 1 is 1.40 bits per heavy atom. The molecule has 0 aliphatic heterocycles. The van der Waals surface area contributed by atoms with Crippen molar-refractivity contribution in [3.05, 3.63) is 30.0 Å². The lowest BCUT2D eigenvalue weighted by molar-refractivity contribution is 0.442. The van der Waals surface area contributed by atoms with Crippen molar-refractivity contribution in [2.75, 3.05) is 0 Å². The Balaban J connectivity index is 2.07. The molecule has 2 aromatic heterocycles. The van der Waals surface area contributed by atoms with E-state index in [4.69, 9.17) is 10.2 Å². The monoisotopic (exact) mass is 207 g/mol. The first-order valence-electron chi connectivity index (χ1n) is 4.83. The van der Waals surface area contributed by atoms with Crippen LogP contribution in [0.4, 0.5) is 0 Å². The van der Waals surface area contributed by atoms with Gasteiger partial charge < -0.3 is 14.7 Å². The Morgan fingerprint density at radius 2 is 2.20 bits per heavy atom. The summed E-state index contributed by atoms with van der Waals surface area (Å²) >= 11 is 0. The van der Waals surface area contributed by atoms with Crippen molar-refractivity contribution in [1.29, 1.82) is 0 Å². The maximum absolute atomic E-state index is 5.45. The summed E-state index contributed by atoms with van der Waals surface area (Å²) < 4.78 is 7.25. The van der Waals surface area contributed by atoms with Crippen LogP contribution in [0.15, 0.2) is 16.9 Å². The van der Waals surface area contributed by atoms with Crippen LogP contribution in [0.2, 0.25) is 0 Å². The topological polar surface area (TPSA) is 82.8 Å². The van der Waals surface area contributed by atoms with Gasteiger partial charge in [0.05, 0.1) is 12.0 Å². The molecule has 0 bridgehead atoms. The Hall–Kier alpha value is -1.69. The minimum absolute atomic E-state index is 0.442. The van der Waals surface area contributed by atoms with Gasteiger partial charge in [-0.2, -0.15) is 0 Å². The average Bonchev–Trinajstić information content (AvgIpc) is 2.87. The smallest absolute Gasteiger partial charge is 0.236 e. The normalized spacial score (nSPS) is 10.8. The molecule has 0 atom stereocenters. The van der Waals surface area contributed by atoms with Crippen LogP contribution in [0, 0.1) is 0 Å². The van der Waals surface area contributed by atoms with Gasteiger partial charge in [-0.1, -0.05) is 6.92 Å². The molecule has 80 valence electrons. The van der Waals surface area contributed by atoms with Crippen molar-refractivity contribution in [3.8, 4) is 0 Å². The third-order valence-corrected chi connectivity index (χ3v) is 2.02. The molecule has 0 fully saturated rings. The van der Waals surface area contributed by atoms with Crippen molar-refractivity contribution in [2.45, 2.75) is 26.4 Å². The van der Waals surface area contributed by atoms with Crippen LogP contribution in [-0.2, 0) is 19.5 Å². The SMILES string of the molecule is CCc1nnc(Cn2cnc(CN)c2)o1. The molecule has 15 heavy (non-hydrogen) atoms. The van der Waals surface area contributed by atoms with Crippen molar-refractivity contribution in [3.63, 3.8) is 0 Å². The van der Waals surface area contributed by atoms with Crippen molar-refractivity contribution < 1.29 is 4.42 Å². The average molecular weight is 207 g/mol. The highest BCUT2D eigenvalue weighted by Crippen LogP contribution is 2.03. The lowest BCUT2D eigenvalue weighted by Crippen LogP contribution is -1.98. The number of aryl methyl sites for hydroxylation is 1. The zero-order valence-electron chi connectivity index (χ0n) is 8.55. The molecule has 2 aromatic rings. The quantitative estimate of drug-likeness (QED) is 0.781. The Kier molecular flexibility index (Phi) is 2.77. The predicted molar refractivity (Wildman–Crippen MR) is 52.9 cm³/mol. The summed E-state index contributed by atoms with van der Waals surface area (Å²) in [5, 5.41) is 7.80. The molecule has 2 heterocycles. The van der Waals surface area contributed by atoms with Crippen LogP contribution in [0.25, 0.3) is 0 Å². The van der Waals surface area contributed by atoms with Crippen molar-refractivity contribution in [2.24, 2.45) is 5.73 Å². The second-order valence-corrected chi connectivity index (χ2v) is 3.18. The van der Waals surface area contributed by atoms with Gasteiger partial charge >= 0.3 is 0 Å². The van der Waals surface area contributed by atoms with E-state index in [0.29, 0.717) is 24.9 Å². The van der Waals surface area contributed by atoms with E-state index in [2.05, 4.69) is 15.2 Å². The number of imidazole rings is 1. The van der Waals surface area contributed by atoms with Crippen LogP contribution in [-0.4, -0.2) is 19.7 Å². The standard InChI is InChI=1S/C9H13N5O/c1-2-8-12-13-9(15-8)5-14-4-7(3-10)11-6-14/h4,6H,2-3,5,10H2,1H3. The van der Waals surface area contributed by atoms with Gasteiger partial charge in [-0.15, -0.1) is 10.2 Å². The highest BCUT2D eigenvalue weighted by Gasteiger charge is 2.05. The first kappa shape index (κ1) is 9.85. The number of hydrogen-bond acceptors (Lipinski definition) is 5. The molecule has 0 aliphatic carbocycles. The van der Waals surface area contributed by atoms with Crippen LogP contribution in [0.5, 0.6) is 0 Å². The third kappa shape index (κ3) is 2.21. The van der Waals surface area contributed by atoms with E-state index in [1.807, 2.05) is 17.7 Å². The summed E-state index contributed by atoms with van der Waals surface area (Å²) in [7, 11) is 0. The Bertz CT molecular complexity index is 393. The summed E-state index contributed by atoms with van der Waals surface area (Å²) in [5.41, 5.74) is 6.31. The summed E-state index contributed by atoms with van der Waals surface area (Å²) in [5.74, 6) is 1.25. The fourth-order valence-corrected chi connectivity index (χ4v) is 1.25. The van der Waals surface area contributed by atoms with Gasteiger partial charge in [0.1, 0.15) is 6.54 Å². The summed E-state index contributed by atoms with van der Waals surface area (Å²) in [6.45, 7) is 2.96. The van der Waals surface area contributed by atoms with Gasteiger partial charge in [0.25, 0.3) is 0 Å². The number of nitrogens with zero attached hydrogens (tertiary/aromatic N) is 4. The number of rotatable bonds is 4. The third-order valence-electron chi connectivity index (χ3n) is 2.02. The molecule has 0 aliphatic rings. The van der Waals surface area contributed by atoms with E-state index < -0.39 is 0 Å². The van der Waals surface area contributed by atoms with Crippen molar-refractivity contribution in [1.82, 2.24) is 19.7 Å². The van der Waals surface area contributed by atoms with E-state index >= 15 is 0 Å². The first-order valence-corrected chi connectivity index (χ1v) is 4.83. The summed E-state index contributed by atoms with van der Waals surface area (Å²) in [6, 6.07) is 0. The molecule has 6 nitrogen and oxygen atoms in total. The fourth-order valence-electron chi connectivity index (χ4n) is 1.25. The summed E-state index contributed by atoms with van der Waals surface area (Å²) in [4.78, 5) is 4.11. The zero-order valence-corrected chi connectivity index (χ0v) is 8.55. The second-order valence-electron chi connectivity index (χ2n) is 3.18. The lowest BCUT2D eigenvalue weighted by Gasteiger charge is -1.94. The highest BCUT2D eigenvalue weighted by molar-refractivity contribution is 4.97. The largest absolute Gasteiger partial charge is 0.423 e. The van der Waals surface area contributed by atoms with E-state index in [0.717, 1.165) is 12.1 Å². The van der Waals surface area contributed by atoms with Crippen LogP contribution < -0.4 is 5.73 Å². The van der Waals surface area contributed by atoms with E-state index in [1.54, 1.807) is 6.33 Å². The van der Waals surface area contributed by atoms with Gasteiger partial charge in [0.15, 0.2) is 0 Å². The minimum atomic E-state index is 0.442. The molecular weight excluding hydrogens is 194 g/mol. The molecule has 0 saturated heterocycles. The molecule has 0 amide bonds. The van der Waals surface area contributed by atoms with E-state index in [1.165, 1.54) is 0 Å². The first-order chi connectivity index (χ1) is 7.31. The van der Waals surface area contributed by atoms with E-state index in [9.17, 15) is 0 Å². The van der Waals surface area contributed by atoms with Crippen LogP contribution in [0.1, 0.15) is 24.4 Å². The maximum atomic E-state index is 5.45. The zero-order chi connectivity index (χ0) is 10.7. The molecule has 0 radical (unpaired) electrons. The summed E-state index contributed by atoms with van der Waals surface area (Å²) in [6.07, 6.45) is 4.33. The molecule has 6 heteroatoms. The Morgan fingerprint density at radius 3 is 2.80 bits per heavy atom. The molecule has 2 rings (SSSR count). The molecule has 0 saturated carbocycles. The minimum Gasteiger partial charge on any atom is -0.423 e. The number of nitrogens with two attached hydrogens (primary N) is 1. The Labute approximate surface area is 87.1 Å². The molecular formula is C9H13N5O. The van der Waals surface area contributed by atoms with Crippen LogP contribution >= 0.6 is 0 Å². The van der Waals surface area contributed by atoms with Gasteiger partial charge in [0, 0.05) is 19.2 Å². The highest BCUT2D eigenvalue weighted by atomic mass is 16.4. The maximum Gasteiger partial charge on any atom is 0.236 e. The van der Waals surface area contributed by atoms with Gasteiger partial charge in [0.2, 0.25) is 11.8 Å².